The van der Waals surface area contributed by atoms with Crippen molar-refractivity contribution < 1.29 is 0 Å². The molecule has 0 aromatic carbocycles. The monoisotopic (exact) mass is 230 g/mol. The fourth-order valence-corrected chi connectivity index (χ4v) is 2.27. The first-order valence-corrected chi connectivity index (χ1v) is 6.09. The largest absolute Gasteiger partial charge is 0.365 e. The van der Waals surface area contributed by atoms with Crippen molar-refractivity contribution in [3.8, 4) is 6.07 Å². The lowest BCUT2D eigenvalue weighted by Gasteiger charge is -2.34. The van der Waals surface area contributed by atoms with E-state index in [4.69, 9.17) is 5.26 Å². The van der Waals surface area contributed by atoms with Crippen LogP contribution in [-0.4, -0.2) is 16.2 Å². The van der Waals surface area contributed by atoms with Crippen LogP contribution in [0.1, 0.15) is 45.1 Å². The zero-order chi connectivity index (χ0) is 12.3. The molecule has 1 aromatic heterocycles. The molecule has 0 radical (unpaired) electrons. The SMILES string of the molecule is CC1(C)CCC(Nc2nnccc2C#N)CC1. The Morgan fingerprint density at radius 1 is 1.41 bits per heavy atom. The summed E-state index contributed by atoms with van der Waals surface area (Å²) in [4.78, 5) is 0. The zero-order valence-corrected chi connectivity index (χ0v) is 10.4. The molecule has 0 amide bonds. The average Bonchev–Trinajstić information content (AvgIpc) is 2.32. The van der Waals surface area contributed by atoms with E-state index in [1.807, 2.05) is 0 Å². The van der Waals surface area contributed by atoms with Crippen molar-refractivity contribution in [2.75, 3.05) is 5.32 Å². The number of anilines is 1. The Labute approximate surface area is 102 Å². The van der Waals surface area contributed by atoms with Crippen LogP contribution in [0.4, 0.5) is 5.82 Å². The minimum Gasteiger partial charge on any atom is -0.365 e. The van der Waals surface area contributed by atoms with Crippen molar-refractivity contribution >= 4 is 5.82 Å². The lowest BCUT2D eigenvalue weighted by Crippen LogP contribution is -2.30. The number of nitrogens with zero attached hydrogens (tertiary/aromatic N) is 3. The minimum atomic E-state index is 0.423. The second kappa shape index (κ2) is 4.70. The second-order valence-corrected chi connectivity index (χ2v) is 5.49. The number of aromatic nitrogens is 2. The van der Waals surface area contributed by atoms with Gasteiger partial charge in [0.2, 0.25) is 0 Å². The summed E-state index contributed by atoms with van der Waals surface area (Å²) in [5.74, 6) is 0.625. The Balaban J connectivity index is 2.01. The summed E-state index contributed by atoms with van der Waals surface area (Å²) >= 11 is 0. The molecule has 1 N–H and O–H groups in total. The molecule has 0 unspecified atom stereocenters. The number of hydrogen-bond donors (Lipinski definition) is 1. The van der Waals surface area contributed by atoms with E-state index in [2.05, 4.69) is 35.4 Å². The van der Waals surface area contributed by atoms with Crippen LogP contribution in [-0.2, 0) is 0 Å². The quantitative estimate of drug-likeness (QED) is 0.848. The molecule has 17 heavy (non-hydrogen) atoms. The van der Waals surface area contributed by atoms with Gasteiger partial charge in [0.25, 0.3) is 0 Å². The standard InChI is InChI=1S/C13H18N4/c1-13(2)6-3-11(4-7-13)16-12-10(9-14)5-8-15-17-12/h5,8,11H,3-4,6-7H2,1-2H3,(H,16,17). The van der Waals surface area contributed by atoms with Gasteiger partial charge < -0.3 is 5.32 Å². The predicted molar refractivity (Wildman–Crippen MR) is 66.4 cm³/mol. The summed E-state index contributed by atoms with van der Waals surface area (Å²) in [5.41, 5.74) is 1.03. The summed E-state index contributed by atoms with van der Waals surface area (Å²) in [5, 5.41) is 20.1. The maximum Gasteiger partial charge on any atom is 0.166 e. The van der Waals surface area contributed by atoms with Crippen LogP contribution in [0.25, 0.3) is 0 Å². The normalized spacial score (nSPS) is 19.6. The van der Waals surface area contributed by atoms with Gasteiger partial charge in [0.05, 0.1) is 11.8 Å². The molecule has 0 spiro atoms. The van der Waals surface area contributed by atoms with E-state index in [9.17, 15) is 0 Å². The maximum absolute atomic E-state index is 8.97. The first-order chi connectivity index (χ1) is 8.11. The molecule has 0 saturated heterocycles. The number of hydrogen-bond acceptors (Lipinski definition) is 4. The van der Waals surface area contributed by atoms with Crippen molar-refractivity contribution in [2.45, 2.75) is 45.6 Å². The van der Waals surface area contributed by atoms with Gasteiger partial charge >= 0.3 is 0 Å². The van der Waals surface area contributed by atoms with E-state index >= 15 is 0 Å². The Kier molecular flexibility index (Phi) is 3.28. The van der Waals surface area contributed by atoms with E-state index in [1.165, 1.54) is 12.8 Å². The molecule has 1 heterocycles. The topological polar surface area (TPSA) is 61.6 Å². The van der Waals surface area contributed by atoms with Crippen molar-refractivity contribution in [3.63, 3.8) is 0 Å². The predicted octanol–water partition coefficient (Wildman–Crippen LogP) is 2.73. The van der Waals surface area contributed by atoms with Crippen molar-refractivity contribution in [3.05, 3.63) is 17.8 Å². The summed E-state index contributed by atoms with van der Waals surface area (Å²) in [6.45, 7) is 4.62. The van der Waals surface area contributed by atoms with Crippen LogP contribution < -0.4 is 5.32 Å². The molecule has 4 nitrogen and oxygen atoms in total. The van der Waals surface area contributed by atoms with Gasteiger partial charge in [-0.15, -0.1) is 5.10 Å². The van der Waals surface area contributed by atoms with Gasteiger partial charge in [-0.1, -0.05) is 13.8 Å². The lowest BCUT2D eigenvalue weighted by atomic mass is 9.75. The highest BCUT2D eigenvalue weighted by atomic mass is 15.2. The molecule has 90 valence electrons. The third-order valence-corrected chi connectivity index (χ3v) is 3.52. The Hall–Kier alpha value is -1.63. The van der Waals surface area contributed by atoms with Gasteiger partial charge in [0.15, 0.2) is 5.82 Å². The maximum atomic E-state index is 8.97. The molecule has 0 bridgehead atoms. The molecule has 0 atom stereocenters. The Morgan fingerprint density at radius 2 is 2.12 bits per heavy atom. The lowest BCUT2D eigenvalue weighted by molar-refractivity contribution is 0.232. The second-order valence-electron chi connectivity index (χ2n) is 5.49. The van der Waals surface area contributed by atoms with E-state index in [0.29, 0.717) is 22.8 Å². The Morgan fingerprint density at radius 3 is 2.76 bits per heavy atom. The van der Waals surface area contributed by atoms with Gasteiger partial charge in [0, 0.05) is 6.04 Å². The smallest absolute Gasteiger partial charge is 0.166 e. The molecule has 1 aliphatic carbocycles. The van der Waals surface area contributed by atoms with E-state index in [-0.39, 0.29) is 0 Å². The fourth-order valence-electron chi connectivity index (χ4n) is 2.27. The molecule has 0 aliphatic heterocycles. The van der Waals surface area contributed by atoms with Crippen LogP contribution in [0.3, 0.4) is 0 Å². The highest BCUT2D eigenvalue weighted by molar-refractivity contribution is 5.50. The highest BCUT2D eigenvalue weighted by Crippen LogP contribution is 2.36. The van der Waals surface area contributed by atoms with Gasteiger partial charge in [-0.25, -0.2) is 0 Å². The van der Waals surface area contributed by atoms with Crippen LogP contribution in [0.5, 0.6) is 0 Å². The third kappa shape index (κ3) is 2.94. The molecule has 1 saturated carbocycles. The third-order valence-electron chi connectivity index (χ3n) is 3.52. The summed E-state index contributed by atoms with van der Waals surface area (Å²) in [7, 11) is 0. The van der Waals surface area contributed by atoms with E-state index in [1.54, 1.807) is 12.3 Å². The summed E-state index contributed by atoms with van der Waals surface area (Å²) in [6, 6.07) is 4.26. The van der Waals surface area contributed by atoms with Gasteiger partial charge in [-0.05, 0) is 37.2 Å². The molecular weight excluding hydrogens is 212 g/mol. The van der Waals surface area contributed by atoms with Crippen LogP contribution in [0.15, 0.2) is 12.3 Å². The molecule has 4 heteroatoms. The number of nitrogens with one attached hydrogen (secondary N) is 1. The average molecular weight is 230 g/mol. The first kappa shape index (κ1) is 11.8. The van der Waals surface area contributed by atoms with Gasteiger partial charge in [-0.2, -0.15) is 10.4 Å². The van der Waals surface area contributed by atoms with Crippen LogP contribution in [0.2, 0.25) is 0 Å². The van der Waals surface area contributed by atoms with Gasteiger partial charge in [-0.3, -0.25) is 0 Å². The van der Waals surface area contributed by atoms with E-state index < -0.39 is 0 Å². The van der Waals surface area contributed by atoms with Crippen LogP contribution >= 0.6 is 0 Å². The van der Waals surface area contributed by atoms with E-state index in [0.717, 1.165) is 12.8 Å². The fraction of sp³-hybridized carbons (Fsp3) is 0.615. The summed E-state index contributed by atoms with van der Waals surface area (Å²) < 4.78 is 0. The summed E-state index contributed by atoms with van der Waals surface area (Å²) in [6.07, 6.45) is 6.25. The zero-order valence-electron chi connectivity index (χ0n) is 10.4. The molecule has 1 aromatic rings. The van der Waals surface area contributed by atoms with Crippen molar-refractivity contribution in [1.82, 2.24) is 10.2 Å². The molecule has 2 rings (SSSR count). The number of nitriles is 1. The van der Waals surface area contributed by atoms with Crippen molar-refractivity contribution in [2.24, 2.45) is 5.41 Å². The molecule has 1 fully saturated rings. The highest BCUT2D eigenvalue weighted by Gasteiger charge is 2.27. The van der Waals surface area contributed by atoms with Gasteiger partial charge in [0.1, 0.15) is 6.07 Å². The minimum absolute atomic E-state index is 0.423. The van der Waals surface area contributed by atoms with Crippen LogP contribution in [0, 0.1) is 16.7 Å². The number of rotatable bonds is 2. The molecule has 1 aliphatic rings. The first-order valence-electron chi connectivity index (χ1n) is 6.09. The molecular formula is C13H18N4. The Bertz CT molecular complexity index is 423. The van der Waals surface area contributed by atoms with Crippen molar-refractivity contribution in [1.29, 1.82) is 5.26 Å².